The summed E-state index contributed by atoms with van der Waals surface area (Å²) in [6.07, 6.45) is -4.03. The van der Waals surface area contributed by atoms with Gasteiger partial charge >= 0.3 is 29.1 Å². The zero-order valence-electron chi connectivity index (χ0n) is 29.0. The maximum atomic E-state index is 13.7. The number of halogens is 6. The molecule has 279 valence electrons. The molecule has 2 aromatic rings. The largest absolute Gasteiger partial charge is 2.00 e. The van der Waals surface area contributed by atoms with Crippen LogP contribution < -0.4 is 10.2 Å². The Kier molecular flexibility index (Phi) is 14.4. The molecular formula is C35H42CoF6N2O6. The SMILES string of the molecule is CC(=O)[O-].CC(=O)[O-].CC(C)(C)c1cc(C(F)(F)F)cc(C=NC2CC3CCC2(N=Cc2cc(C(F)(F)F)cc(C(C)(C)C)c2O)C3)c1O.[Co+2]. The van der Waals surface area contributed by atoms with Gasteiger partial charge in [0, 0.05) is 46.6 Å². The first-order valence-corrected chi connectivity index (χ1v) is 15.4. The normalized spacial score (nSPS) is 20.5. The maximum Gasteiger partial charge on any atom is 2.00 e. The number of aromatic hydroxyl groups is 2. The van der Waals surface area contributed by atoms with Crippen molar-refractivity contribution in [3.8, 4) is 11.5 Å². The number of hydrogen-bond donors (Lipinski definition) is 2. The monoisotopic (exact) mass is 759 g/mol. The molecule has 3 atom stereocenters. The second-order valence-corrected chi connectivity index (χ2v) is 14.4. The van der Waals surface area contributed by atoms with Gasteiger partial charge in [0.2, 0.25) is 0 Å². The quantitative estimate of drug-likeness (QED) is 0.285. The van der Waals surface area contributed by atoms with E-state index in [-0.39, 0.29) is 56.4 Å². The van der Waals surface area contributed by atoms with E-state index in [1.165, 1.54) is 12.4 Å². The van der Waals surface area contributed by atoms with E-state index in [0.29, 0.717) is 19.3 Å². The summed E-state index contributed by atoms with van der Waals surface area (Å²) in [5.74, 6) is -2.46. The molecule has 0 saturated heterocycles. The molecule has 2 aromatic carbocycles. The second kappa shape index (κ2) is 16.2. The molecule has 3 unspecified atom stereocenters. The number of benzene rings is 2. The van der Waals surface area contributed by atoms with Gasteiger partial charge in [0.15, 0.2) is 0 Å². The Bertz CT molecular complexity index is 1570. The van der Waals surface area contributed by atoms with Crippen molar-refractivity contribution in [3.05, 3.63) is 57.6 Å². The van der Waals surface area contributed by atoms with Crippen molar-refractivity contribution >= 4 is 24.4 Å². The summed E-state index contributed by atoms with van der Waals surface area (Å²) < 4.78 is 82.0. The molecule has 2 fully saturated rings. The van der Waals surface area contributed by atoms with Crippen LogP contribution in [0, 0.1) is 5.92 Å². The molecule has 2 bridgehead atoms. The Balaban J connectivity index is 0.00000125. The Morgan fingerprint density at radius 3 is 1.50 bits per heavy atom. The molecule has 2 aliphatic carbocycles. The van der Waals surface area contributed by atoms with Crippen LogP contribution >= 0.6 is 0 Å². The van der Waals surface area contributed by atoms with Crippen molar-refractivity contribution in [3.63, 3.8) is 0 Å². The van der Waals surface area contributed by atoms with Crippen LogP contribution in [-0.4, -0.2) is 46.2 Å². The number of fused-ring (bicyclic) bond motifs is 2. The summed E-state index contributed by atoms with van der Waals surface area (Å²) in [6, 6.07) is 3.20. The third-order valence-electron chi connectivity index (χ3n) is 8.21. The Hall–Kier alpha value is -3.59. The second-order valence-electron chi connectivity index (χ2n) is 14.4. The number of nitrogens with zero attached hydrogens (tertiary/aromatic N) is 2. The smallest absolute Gasteiger partial charge is 0.550 e. The van der Waals surface area contributed by atoms with Crippen LogP contribution in [0.25, 0.3) is 0 Å². The van der Waals surface area contributed by atoms with E-state index in [2.05, 4.69) is 4.99 Å². The van der Waals surface area contributed by atoms with Gasteiger partial charge in [0.25, 0.3) is 0 Å². The van der Waals surface area contributed by atoms with Crippen LogP contribution in [0.1, 0.15) is 114 Å². The van der Waals surface area contributed by atoms with Crippen LogP contribution in [-0.2, 0) is 49.6 Å². The Labute approximate surface area is 297 Å². The van der Waals surface area contributed by atoms with E-state index in [1.54, 1.807) is 41.5 Å². The van der Waals surface area contributed by atoms with E-state index >= 15 is 0 Å². The molecule has 0 aliphatic heterocycles. The number of aliphatic imine (C=N–C) groups is 2. The van der Waals surface area contributed by atoms with Crippen LogP contribution in [0.5, 0.6) is 11.5 Å². The maximum absolute atomic E-state index is 13.7. The number of aliphatic carboxylic acids is 2. The number of hydrogen-bond acceptors (Lipinski definition) is 8. The average Bonchev–Trinajstić information content (AvgIpc) is 3.47. The van der Waals surface area contributed by atoms with E-state index in [0.717, 1.165) is 44.5 Å². The fourth-order valence-electron chi connectivity index (χ4n) is 5.95. The summed E-state index contributed by atoms with van der Waals surface area (Å²) in [5, 5.41) is 39.5. The minimum absolute atomic E-state index is 0. The number of carboxylic acids is 2. The van der Waals surface area contributed by atoms with Gasteiger partial charge in [-0.05, 0) is 80.5 Å². The molecule has 50 heavy (non-hydrogen) atoms. The molecule has 0 aromatic heterocycles. The van der Waals surface area contributed by atoms with Crippen molar-refractivity contribution in [2.75, 3.05) is 0 Å². The fourth-order valence-corrected chi connectivity index (χ4v) is 5.95. The third-order valence-corrected chi connectivity index (χ3v) is 8.21. The molecule has 2 N–H and O–H groups in total. The molecule has 4 rings (SSSR count). The van der Waals surface area contributed by atoms with Crippen molar-refractivity contribution in [2.24, 2.45) is 15.9 Å². The van der Waals surface area contributed by atoms with E-state index in [9.17, 15) is 36.6 Å². The molecule has 2 saturated carbocycles. The van der Waals surface area contributed by atoms with E-state index in [1.807, 2.05) is 0 Å². The summed E-state index contributed by atoms with van der Waals surface area (Å²) in [7, 11) is 0. The molecule has 0 amide bonds. The number of rotatable bonds is 4. The van der Waals surface area contributed by atoms with Gasteiger partial charge in [0.05, 0.1) is 22.7 Å². The van der Waals surface area contributed by atoms with Gasteiger partial charge < -0.3 is 30.0 Å². The fraction of sp³-hybridized carbons (Fsp3) is 0.543. The van der Waals surface area contributed by atoms with Gasteiger partial charge in [-0.25, -0.2) is 0 Å². The molecule has 0 spiro atoms. The predicted octanol–water partition coefficient (Wildman–Crippen LogP) is 6.09. The summed E-state index contributed by atoms with van der Waals surface area (Å²) in [6.45, 7) is 12.2. The van der Waals surface area contributed by atoms with Crippen molar-refractivity contribution in [1.29, 1.82) is 0 Å². The summed E-state index contributed by atoms with van der Waals surface area (Å²) >= 11 is 0. The Morgan fingerprint density at radius 1 is 0.780 bits per heavy atom. The van der Waals surface area contributed by atoms with E-state index < -0.39 is 57.8 Å². The van der Waals surface area contributed by atoms with Crippen LogP contribution in [0.2, 0.25) is 0 Å². The van der Waals surface area contributed by atoms with E-state index in [4.69, 9.17) is 24.8 Å². The minimum atomic E-state index is -4.62. The number of phenols is 2. The molecule has 15 heteroatoms. The van der Waals surface area contributed by atoms with Crippen LogP contribution in [0.4, 0.5) is 26.3 Å². The van der Waals surface area contributed by atoms with Gasteiger partial charge in [0.1, 0.15) is 11.5 Å². The van der Waals surface area contributed by atoms with Crippen molar-refractivity contribution in [1.82, 2.24) is 0 Å². The van der Waals surface area contributed by atoms with Crippen molar-refractivity contribution < 1.29 is 73.1 Å². The predicted molar refractivity (Wildman–Crippen MR) is 169 cm³/mol. The minimum Gasteiger partial charge on any atom is -0.550 e. The standard InChI is InChI=1S/C31H36F6N2O2.2C2H4O2.Co/c1-27(2,3)22-12-20(30(32,33)34)10-18(25(22)40)15-38-24-9-17-7-8-29(24,14-17)39-16-19-11-21(31(35,36)37)13-23(26(19)41)28(4,5)6;2*1-2(3)4;/h10-13,15-17,24,40-41H,7-9,14H2,1-6H3;2*1H3,(H,3,4);/q;;;+2/p-2. The number of carbonyl (C=O) groups excluding carboxylic acids is 2. The average molecular weight is 760 g/mol. The first-order chi connectivity index (χ1) is 22.1. The zero-order chi connectivity index (χ0) is 37.9. The topological polar surface area (TPSA) is 145 Å². The van der Waals surface area contributed by atoms with Gasteiger partial charge in [-0.1, -0.05) is 41.5 Å². The molecule has 8 nitrogen and oxygen atoms in total. The summed E-state index contributed by atoms with van der Waals surface area (Å²) in [5.41, 5.74) is -3.89. The molecular weight excluding hydrogens is 717 g/mol. The first kappa shape index (κ1) is 44.4. The van der Waals surface area contributed by atoms with Gasteiger partial charge in [-0.15, -0.1) is 0 Å². The van der Waals surface area contributed by atoms with Gasteiger partial charge in [-0.2, -0.15) is 26.3 Å². The Morgan fingerprint density at radius 2 is 1.16 bits per heavy atom. The number of carbonyl (C=O) groups is 2. The van der Waals surface area contributed by atoms with Crippen molar-refractivity contribution in [2.45, 2.75) is 116 Å². The van der Waals surface area contributed by atoms with Crippen LogP contribution in [0.3, 0.4) is 0 Å². The molecule has 1 radical (unpaired) electrons. The number of carboxylic acid groups (broad SMARTS) is 2. The zero-order valence-corrected chi connectivity index (χ0v) is 30.0. The summed E-state index contributed by atoms with van der Waals surface area (Å²) in [4.78, 5) is 27.1. The van der Waals surface area contributed by atoms with Gasteiger partial charge in [-0.3, -0.25) is 9.98 Å². The number of alkyl halides is 6. The van der Waals surface area contributed by atoms with Crippen LogP contribution in [0.15, 0.2) is 34.3 Å². The molecule has 0 heterocycles. The number of phenolic OH excluding ortho intramolecular Hbond substituents is 2. The first-order valence-electron chi connectivity index (χ1n) is 15.4. The third kappa shape index (κ3) is 11.7. The molecule has 2 aliphatic rings.